The van der Waals surface area contributed by atoms with Gasteiger partial charge in [0.15, 0.2) is 0 Å². The van der Waals surface area contributed by atoms with Gasteiger partial charge in [-0.05, 0) is 139 Å². The minimum atomic E-state index is -0.0135. The van der Waals surface area contributed by atoms with Crippen LogP contribution in [0.4, 0.5) is 34.1 Å². The molecule has 0 saturated heterocycles. The molecule has 0 amide bonds. The zero-order valence-electron chi connectivity index (χ0n) is 44.8. The van der Waals surface area contributed by atoms with Gasteiger partial charge in [0.2, 0.25) is 0 Å². The Kier molecular flexibility index (Phi) is 11.0. The largest absolute Gasteiger partial charge is 0.455 e. The zero-order valence-corrected chi connectivity index (χ0v) is 44.8. The molecule has 0 radical (unpaired) electrons. The molecule has 14 rings (SSSR count). The van der Waals surface area contributed by atoms with Crippen molar-refractivity contribution in [1.82, 2.24) is 0 Å². The van der Waals surface area contributed by atoms with Crippen LogP contribution in [0.25, 0.3) is 98.4 Å². The Bertz CT molecular complexity index is 4280. The van der Waals surface area contributed by atoms with Crippen molar-refractivity contribution in [3.63, 3.8) is 0 Å². The third kappa shape index (κ3) is 7.81. The van der Waals surface area contributed by atoms with Crippen molar-refractivity contribution < 1.29 is 8.83 Å². The Balaban J connectivity index is 1.10. The fourth-order valence-corrected chi connectivity index (χ4v) is 11.9. The molecule has 78 heavy (non-hydrogen) atoms. The number of hydrogen-bond acceptors (Lipinski definition) is 4. The number of fused-ring (bicyclic) bond motifs is 14. The lowest BCUT2D eigenvalue weighted by Gasteiger charge is -2.29. The zero-order chi connectivity index (χ0) is 52.9. The molecule has 4 nitrogen and oxygen atoms in total. The Morgan fingerprint density at radius 3 is 0.910 bits per heavy atom. The third-order valence-electron chi connectivity index (χ3n) is 15.9. The fraction of sp³-hybridized carbons (Fsp3) is 0.108. The minimum absolute atomic E-state index is 0.0135. The highest BCUT2D eigenvalue weighted by atomic mass is 16.3. The van der Waals surface area contributed by atoms with Gasteiger partial charge in [0, 0.05) is 44.3 Å². The summed E-state index contributed by atoms with van der Waals surface area (Å²) >= 11 is 0. The molecule has 0 saturated carbocycles. The summed E-state index contributed by atoms with van der Waals surface area (Å²) < 4.78 is 14.7. The molecule has 0 N–H and O–H groups in total. The van der Waals surface area contributed by atoms with Crippen molar-refractivity contribution in [3.8, 4) is 22.3 Å². The maximum atomic E-state index is 7.37. The van der Waals surface area contributed by atoms with Gasteiger partial charge in [0.1, 0.15) is 22.3 Å². The number of anilines is 6. The predicted molar refractivity (Wildman–Crippen MR) is 331 cm³/mol. The number of nitrogens with zero attached hydrogens (tertiary/aromatic N) is 2. The van der Waals surface area contributed by atoms with E-state index in [1.807, 2.05) is 0 Å². The van der Waals surface area contributed by atoms with Gasteiger partial charge in [-0.1, -0.05) is 211 Å². The van der Waals surface area contributed by atoms with Gasteiger partial charge in [-0.3, -0.25) is 0 Å². The van der Waals surface area contributed by atoms with Gasteiger partial charge in [-0.2, -0.15) is 0 Å². The second-order valence-corrected chi connectivity index (χ2v) is 22.9. The van der Waals surface area contributed by atoms with Crippen molar-refractivity contribution in [2.75, 3.05) is 9.80 Å². The first-order valence-electron chi connectivity index (χ1n) is 27.2. The van der Waals surface area contributed by atoms with Gasteiger partial charge < -0.3 is 18.6 Å². The molecule has 0 aliphatic heterocycles. The van der Waals surface area contributed by atoms with E-state index in [0.717, 1.165) is 121 Å². The first-order chi connectivity index (χ1) is 38.0. The first-order valence-corrected chi connectivity index (χ1v) is 27.2. The lowest BCUT2D eigenvalue weighted by atomic mass is 9.87. The van der Waals surface area contributed by atoms with Crippen molar-refractivity contribution in [1.29, 1.82) is 0 Å². The van der Waals surface area contributed by atoms with Crippen LogP contribution in [0.15, 0.2) is 251 Å². The Morgan fingerprint density at radius 1 is 0.269 bits per heavy atom. The van der Waals surface area contributed by atoms with E-state index in [9.17, 15) is 0 Å². The van der Waals surface area contributed by atoms with Crippen molar-refractivity contribution in [2.45, 2.75) is 52.4 Å². The number of para-hydroxylation sites is 2. The standard InChI is InChI=1S/C74H58N2O2/c1-73(2,3)51-33-41-55(42-34-51)75(53-37-29-49(30-38-53)47-19-9-7-10-20-47)63-45-61-57-23-13-14-24-58(57)62-46-64(76(56-43-35-52(36-44-56)74(4,5)6)54-39-31-50(32-40-54)48-21-11-8-12-22-48)68-60-26-16-18-28-66(60)78-72(68)70(62)69(61)71-67(63)59-25-15-17-27-65(59)77-71/h7-46H,1-6H3. The van der Waals surface area contributed by atoms with Crippen LogP contribution in [-0.2, 0) is 10.8 Å². The third-order valence-corrected chi connectivity index (χ3v) is 15.9. The van der Waals surface area contributed by atoms with Crippen LogP contribution in [0, 0.1) is 0 Å². The van der Waals surface area contributed by atoms with E-state index in [-0.39, 0.29) is 10.8 Å². The van der Waals surface area contributed by atoms with Gasteiger partial charge >= 0.3 is 0 Å². The van der Waals surface area contributed by atoms with Crippen molar-refractivity contribution in [2.24, 2.45) is 0 Å². The second-order valence-electron chi connectivity index (χ2n) is 22.9. The summed E-state index contributed by atoms with van der Waals surface area (Å²) in [6.45, 7) is 13.6. The number of benzene rings is 12. The van der Waals surface area contributed by atoms with Crippen LogP contribution in [0.1, 0.15) is 52.7 Å². The number of rotatable bonds is 8. The van der Waals surface area contributed by atoms with Crippen LogP contribution in [0.5, 0.6) is 0 Å². The molecule has 0 aliphatic carbocycles. The van der Waals surface area contributed by atoms with E-state index in [4.69, 9.17) is 8.83 Å². The molecule has 0 bridgehead atoms. The Hall–Kier alpha value is -9.38. The summed E-state index contributed by atoms with van der Waals surface area (Å²) in [6.07, 6.45) is 0. The molecular formula is C74H58N2O2. The minimum Gasteiger partial charge on any atom is -0.455 e. The van der Waals surface area contributed by atoms with Crippen LogP contribution in [0.2, 0.25) is 0 Å². The predicted octanol–water partition coefficient (Wildman–Crippen LogP) is 21.8. The average Bonchev–Trinajstić information content (AvgIpc) is 4.24. The van der Waals surface area contributed by atoms with Crippen molar-refractivity contribution in [3.05, 3.63) is 254 Å². The van der Waals surface area contributed by atoms with E-state index in [0.29, 0.717) is 0 Å². The number of hydrogen-bond donors (Lipinski definition) is 0. The molecule has 14 aromatic rings. The maximum absolute atomic E-state index is 7.37. The second kappa shape index (κ2) is 18.1. The Labute approximate surface area is 455 Å². The monoisotopic (exact) mass is 1010 g/mol. The fourth-order valence-electron chi connectivity index (χ4n) is 11.9. The van der Waals surface area contributed by atoms with Crippen LogP contribution >= 0.6 is 0 Å². The summed E-state index contributed by atoms with van der Waals surface area (Å²) in [4.78, 5) is 4.85. The van der Waals surface area contributed by atoms with Gasteiger partial charge in [0.25, 0.3) is 0 Å². The molecular weight excluding hydrogens is 949 g/mol. The lowest BCUT2D eigenvalue weighted by Crippen LogP contribution is -2.13. The normalized spacial score (nSPS) is 12.2. The Morgan fingerprint density at radius 2 is 0.564 bits per heavy atom. The summed E-state index contributed by atoms with van der Waals surface area (Å²) in [6, 6.07) is 88.2. The molecule has 0 fully saturated rings. The van der Waals surface area contributed by atoms with E-state index in [1.54, 1.807) is 0 Å². The van der Waals surface area contributed by atoms with Gasteiger partial charge in [0.05, 0.1) is 22.1 Å². The van der Waals surface area contributed by atoms with Gasteiger partial charge in [-0.25, -0.2) is 0 Å². The molecule has 0 atom stereocenters. The SMILES string of the molecule is CC(C)(C)c1ccc(N(c2ccc(-c3ccccc3)cc2)c2cc3c4ccccc4c4cc(N(c5ccc(-c6ccccc6)cc5)c5ccc(C(C)(C)C)cc5)c5c6ccccc6oc5c4c3c3oc4ccccc4c23)cc1. The van der Waals surface area contributed by atoms with E-state index in [2.05, 4.69) is 294 Å². The summed E-state index contributed by atoms with van der Waals surface area (Å²) in [7, 11) is 0. The quantitative estimate of drug-likeness (QED) is 0.142. The van der Waals surface area contributed by atoms with Crippen molar-refractivity contribution >= 4 is 110 Å². The maximum Gasteiger partial charge on any atom is 0.146 e. The van der Waals surface area contributed by atoms with Crippen LogP contribution < -0.4 is 9.80 Å². The molecule has 0 aliphatic rings. The highest BCUT2D eigenvalue weighted by molar-refractivity contribution is 6.40. The van der Waals surface area contributed by atoms with Gasteiger partial charge in [-0.15, -0.1) is 0 Å². The molecule has 0 unspecified atom stereocenters. The van der Waals surface area contributed by atoms with Crippen LogP contribution in [-0.4, -0.2) is 0 Å². The highest BCUT2D eigenvalue weighted by Gasteiger charge is 2.29. The lowest BCUT2D eigenvalue weighted by molar-refractivity contribution is 0.590. The van der Waals surface area contributed by atoms with Crippen LogP contribution in [0.3, 0.4) is 0 Å². The highest BCUT2D eigenvalue weighted by Crippen LogP contribution is 2.54. The average molecular weight is 1010 g/mol. The van der Waals surface area contributed by atoms with E-state index >= 15 is 0 Å². The van der Waals surface area contributed by atoms with E-state index in [1.165, 1.54) is 22.3 Å². The first kappa shape index (κ1) is 47.1. The molecule has 2 aromatic heterocycles. The summed E-state index contributed by atoms with van der Waals surface area (Å²) in [5, 5.41) is 10.6. The van der Waals surface area contributed by atoms with E-state index < -0.39 is 0 Å². The molecule has 0 spiro atoms. The summed E-state index contributed by atoms with van der Waals surface area (Å²) in [5.74, 6) is 0. The smallest absolute Gasteiger partial charge is 0.146 e. The molecule has 376 valence electrons. The topological polar surface area (TPSA) is 32.8 Å². The molecule has 12 aromatic carbocycles. The summed E-state index contributed by atoms with van der Waals surface area (Å²) in [5.41, 5.74) is 16.8. The molecule has 4 heteroatoms. The number of furan rings is 2. The molecule has 2 heterocycles.